The van der Waals surface area contributed by atoms with Crippen LogP contribution in [0.3, 0.4) is 0 Å². The molecule has 0 radical (unpaired) electrons. The van der Waals surface area contributed by atoms with E-state index in [2.05, 4.69) is 0 Å². The maximum absolute atomic E-state index is 12.2. The molecule has 2 N–H and O–H groups in total. The Hall–Kier alpha value is -1.94. The van der Waals surface area contributed by atoms with E-state index in [4.69, 9.17) is 21.8 Å². The Morgan fingerprint density at radius 2 is 2.22 bits per heavy atom. The first-order valence-electron chi connectivity index (χ1n) is 5.39. The Bertz CT molecular complexity index is 552. The number of rotatable bonds is 3. The highest BCUT2D eigenvalue weighted by Crippen LogP contribution is 2.20. The Balaban J connectivity index is 2.15. The van der Waals surface area contributed by atoms with Crippen LogP contribution in [0.4, 0.5) is 5.69 Å². The smallest absolute Gasteiger partial charge is 0.255 e. The van der Waals surface area contributed by atoms with E-state index in [0.717, 1.165) is 5.56 Å². The van der Waals surface area contributed by atoms with E-state index in [1.165, 1.54) is 0 Å². The molecule has 5 heteroatoms. The molecule has 1 heterocycles. The molecule has 0 aliphatic carbocycles. The van der Waals surface area contributed by atoms with Crippen molar-refractivity contribution in [2.24, 2.45) is 0 Å². The van der Waals surface area contributed by atoms with Gasteiger partial charge < -0.3 is 15.1 Å². The van der Waals surface area contributed by atoms with Crippen molar-refractivity contribution < 1.29 is 9.21 Å². The number of anilines is 1. The van der Waals surface area contributed by atoms with Gasteiger partial charge in [-0.25, -0.2) is 0 Å². The number of hydrogen-bond acceptors (Lipinski definition) is 3. The summed E-state index contributed by atoms with van der Waals surface area (Å²) in [5, 5.41) is 0.515. The third-order valence-electron chi connectivity index (χ3n) is 2.59. The molecule has 0 fully saturated rings. The van der Waals surface area contributed by atoms with Crippen molar-refractivity contribution in [3.63, 3.8) is 0 Å². The van der Waals surface area contributed by atoms with E-state index in [1.807, 2.05) is 6.07 Å². The zero-order chi connectivity index (χ0) is 13.1. The normalized spacial score (nSPS) is 10.3. The van der Waals surface area contributed by atoms with Crippen molar-refractivity contribution in [2.45, 2.75) is 6.54 Å². The van der Waals surface area contributed by atoms with Gasteiger partial charge in [0.05, 0.1) is 18.1 Å². The molecule has 0 unspecified atom stereocenters. The first-order chi connectivity index (χ1) is 8.58. The van der Waals surface area contributed by atoms with Gasteiger partial charge in [0, 0.05) is 29.9 Å². The monoisotopic (exact) mass is 264 g/mol. The third-order valence-corrected chi connectivity index (χ3v) is 2.83. The molecule has 0 saturated carbocycles. The maximum atomic E-state index is 12.2. The van der Waals surface area contributed by atoms with Crippen LogP contribution in [0, 0.1) is 0 Å². The van der Waals surface area contributed by atoms with E-state index in [-0.39, 0.29) is 5.91 Å². The molecule has 1 aromatic heterocycles. The predicted octanol–water partition coefficient (Wildman–Crippen LogP) is 2.79. The second-order valence-corrected chi connectivity index (χ2v) is 4.46. The van der Waals surface area contributed by atoms with Crippen LogP contribution in [0.1, 0.15) is 15.9 Å². The van der Waals surface area contributed by atoms with Crippen LogP contribution in [0.25, 0.3) is 0 Å². The molecule has 94 valence electrons. The number of halogens is 1. The van der Waals surface area contributed by atoms with E-state index in [0.29, 0.717) is 22.8 Å². The maximum Gasteiger partial charge on any atom is 0.255 e. The van der Waals surface area contributed by atoms with Crippen molar-refractivity contribution in [1.29, 1.82) is 0 Å². The van der Waals surface area contributed by atoms with Gasteiger partial charge in [0.1, 0.15) is 0 Å². The molecule has 18 heavy (non-hydrogen) atoms. The topological polar surface area (TPSA) is 59.5 Å². The molecular formula is C13H13ClN2O2. The minimum absolute atomic E-state index is 0.148. The molecule has 1 aromatic carbocycles. The molecule has 2 aromatic rings. The lowest BCUT2D eigenvalue weighted by atomic mass is 10.1. The Labute approximate surface area is 110 Å². The van der Waals surface area contributed by atoms with Crippen molar-refractivity contribution in [1.82, 2.24) is 4.90 Å². The SMILES string of the molecule is CN(Cc1ccoc1)C(=O)c1ccc(Cl)cc1N. The van der Waals surface area contributed by atoms with Crippen LogP contribution in [0.15, 0.2) is 41.2 Å². The van der Waals surface area contributed by atoms with Crippen molar-refractivity contribution in [3.05, 3.63) is 52.9 Å². The largest absolute Gasteiger partial charge is 0.472 e. The Morgan fingerprint density at radius 1 is 1.44 bits per heavy atom. The number of amides is 1. The Kier molecular flexibility index (Phi) is 3.58. The van der Waals surface area contributed by atoms with Gasteiger partial charge in [-0.05, 0) is 24.3 Å². The molecule has 0 spiro atoms. The molecule has 0 atom stereocenters. The molecule has 0 bridgehead atoms. The van der Waals surface area contributed by atoms with E-state index in [9.17, 15) is 4.79 Å². The molecule has 4 nitrogen and oxygen atoms in total. The molecule has 1 amide bonds. The lowest BCUT2D eigenvalue weighted by molar-refractivity contribution is 0.0786. The number of nitrogens with two attached hydrogens (primary N) is 1. The molecule has 0 aliphatic rings. The lowest BCUT2D eigenvalue weighted by Gasteiger charge is -2.17. The number of nitrogen functional groups attached to an aromatic ring is 1. The first kappa shape index (κ1) is 12.5. The van der Waals surface area contributed by atoms with Crippen LogP contribution >= 0.6 is 11.6 Å². The summed E-state index contributed by atoms with van der Waals surface area (Å²) >= 11 is 5.80. The highest BCUT2D eigenvalue weighted by atomic mass is 35.5. The van der Waals surface area contributed by atoms with Crippen LogP contribution in [-0.2, 0) is 6.54 Å². The quantitative estimate of drug-likeness (QED) is 0.867. The summed E-state index contributed by atoms with van der Waals surface area (Å²) in [4.78, 5) is 13.7. The van der Waals surface area contributed by atoms with Crippen LogP contribution in [-0.4, -0.2) is 17.9 Å². The summed E-state index contributed by atoms with van der Waals surface area (Å²) in [5.41, 5.74) is 7.54. The first-order valence-corrected chi connectivity index (χ1v) is 5.77. The number of carbonyl (C=O) groups excluding carboxylic acids is 1. The number of nitrogens with zero attached hydrogens (tertiary/aromatic N) is 1. The molecule has 2 rings (SSSR count). The molecular weight excluding hydrogens is 252 g/mol. The minimum atomic E-state index is -0.148. The lowest BCUT2D eigenvalue weighted by Crippen LogP contribution is -2.26. The van der Waals surface area contributed by atoms with Gasteiger partial charge in [0.15, 0.2) is 0 Å². The van der Waals surface area contributed by atoms with Gasteiger partial charge in [0.2, 0.25) is 0 Å². The fraction of sp³-hybridized carbons (Fsp3) is 0.154. The van der Waals surface area contributed by atoms with Gasteiger partial charge in [-0.15, -0.1) is 0 Å². The van der Waals surface area contributed by atoms with Crippen molar-refractivity contribution >= 4 is 23.2 Å². The summed E-state index contributed by atoms with van der Waals surface area (Å²) in [5.74, 6) is -0.148. The summed E-state index contributed by atoms with van der Waals surface area (Å²) < 4.78 is 4.96. The van der Waals surface area contributed by atoms with Crippen molar-refractivity contribution in [3.8, 4) is 0 Å². The third kappa shape index (κ3) is 2.65. The van der Waals surface area contributed by atoms with Gasteiger partial charge >= 0.3 is 0 Å². The summed E-state index contributed by atoms with van der Waals surface area (Å²) in [6.07, 6.45) is 3.18. The second-order valence-electron chi connectivity index (χ2n) is 4.02. The minimum Gasteiger partial charge on any atom is -0.472 e. The van der Waals surface area contributed by atoms with Crippen molar-refractivity contribution in [2.75, 3.05) is 12.8 Å². The van der Waals surface area contributed by atoms with Crippen LogP contribution in [0.2, 0.25) is 5.02 Å². The fourth-order valence-corrected chi connectivity index (χ4v) is 1.84. The highest BCUT2D eigenvalue weighted by molar-refractivity contribution is 6.31. The number of benzene rings is 1. The molecule has 0 aliphatic heterocycles. The summed E-state index contributed by atoms with van der Waals surface area (Å²) in [7, 11) is 1.71. The standard InChI is InChI=1S/C13H13ClN2O2/c1-16(7-9-4-5-18-8-9)13(17)11-3-2-10(14)6-12(11)15/h2-6,8H,7,15H2,1H3. The summed E-state index contributed by atoms with van der Waals surface area (Å²) in [6, 6.07) is 6.66. The second kappa shape index (κ2) is 5.14. The fourth-order valence-electron chi connectivity index (χ4n) is 1.66. The average Bonchev–Trinajstić information content (AvgIpc) is 2.81. The zero-order valence-corrected chi connectivity index (χ0v) is 10.6. The number of furan rings is 1. The molecule has 0 saturated heterocycles. The van der Waals surface area contributed by atoms with Gasteiger partial charge in [-0.3, -0.25) is 4.79 Å². The van der Waals surface area contributed by atoms with E-state index in [1.54, 1.807) is 42.7 Å². The average molecular weight is 265 g/mol. The Morgan fingerprint density at radius 3 is 2.83 bits per heavy atom. The van der Waals surface area contributed by atoms with E-state index >= 15 is 0 Å². The number of hydrogen-bond donors (Lipinski definition) is 1. The highest BCUT2D eigenvalue weighted by Gasteiger charge is 2.15. The van der Waals surface area contributed by atoms with Gasteiger partial charge in [-0.2, -0.15) is 0 Å². The van der Waals surface area contributed by atoms with Gasteiger partial charge in [-0.1, -0.05) is 11.6 Å². The van der Waals surface area contributed by atoms with E-state index < -0.39 is 0 Å². The van der Waals surface area contributed by atoms with Crippen LogP contribution < -0.4 is 5.73 Å². The zero-order valence-electron chi connectivity index (χ0n) is 9.89. The van der Waals surface area contributed by atoms with Gasteiger partial charge in [0.25, 0.3) is 5.91 Å². The van der Waals surface area contributed by atoms with Crippen LogP contribution in [0.5, 0.6) is 0 Å². The number of carbonyl (C=O) groups is 1. The predicted molar refractivity (Wildman–Crippen MR) is 70.4 cm³/mol. The summed E-state index contributed by atoms with van der Waals surface area (Å²) in [6.45, 7) is 0.470.